The van der Waals surface area contributed by atoms with Gasteiger partial charge in [-0.1, -0.05) is 11.8 Å². The topological polar surface area (TPSA) is 59.1 Å². The number of nitrogen functional groups attached to an aromatic ring is 1. The third-order valence-corrected chi connectivity index (χ3v) is 3.81. The SMILES string of the molecule is Nc1ccc(C#CC=Cc2nc3ccc(O)cc3s2)cc1. The normalized spacial score (nSPS) is 10.7. The van der Waals surface area contributed by atoms with Crippen molar-refractivity contribution in [2.24, 2.45) is 0 Å². The van der Waals surface area contributed by atoms with Crippen LogP contribution in [0.5, 0.6) is 5.75 Å². The molecule has 1 aromatic heterocycles. The Morgan fingerprint density at radius 2 is 1.95 bits per heavy atom. The van der Waals surface area contributed by atoms with E-state index in [1.54, 1.807) is 24.3 Å². The minimum atomic E-state index is 0.254. The first kappa shape index (κ1) is 13.2. The van der Waals surface area contributed by atoms with Crippen LogP contribution in [0.2, 0.25) is 0 Å². The van der Waals surface area contributed by atoms with Gasteiger partial charge in [-0.25, -0.2) is 4.98 Å². The Balaban J connectivity index is 1.77. The van der Waals surface area contributed by atoms with Crippen molar-refractivity contribution in [1.82, 2.24) is 4.98 Å². The number of hydrogen-bond donors (Lipinski definition) is 2. The molecule has 0 aliphatic rings. The van der Waals surface area contributed by atoms with Gasteiger partial charge >= 0.3 is 0 Å². The fraction of sp³-hybridized carbons (Fsp3) is 0. The lowest BCUT2D eigenvalue weighted by molar-refractivity contribution is 0.476. The van der Waals surface area contributed by atoms with Crippen LogP contribution in [0.15, 0.2) is 48.5 Å². The summed E-state index contributed by atoms with van der Waals surface area (Å²) in [6, 6.07) is 12.6. The maximum Gasteiger partial charge on any atom is 0.117 e. The molecule has 2 aromatic carbocycles. The van der Waals surface area contributed by atoms with Crippen LogP contribution in [0.4, 0.5) is 5.69 Å². The lowest BCUT2D eigenvalue weighted by Crippen LogP contribution is -1.82. The van der Waals surface area contributed by atoms with Crippen LogP contribution in [0, 0.1) is 11.8 Å². The third kappa shape index (κ3) is 3.22. The molecule has 102 valence electrons. The van der Waals surface area contributed by atoms with Gasteiger partial charge in [0, 0.05) is 11.3 Å². The van der Waals surface area contributed by atoms with Gasteiger partial charge in [0.2, 0.25) is 0 Å². The molecule has 0 saturated heterocycles. The van der Waals surface area contributed by atoms with Gasteiger partial charge in [0.25, 0.3) is 0 Å². The molecule has 0 aliphatic heterocycles. The highest BCUT2D eigenvalue weighted by Crippen LogP contribution is 2.26. The van der Waals surface area contributed by atoms with Gasteiger partial charge in [0.15, 0.2) is 0 Å². The summed E-state index contributed by atoms with van der Waals surface area (Å²) >= 11 is 1.52. The fourth-order valence-corrected chi connectivity index (χ4v) is 2.71. The van der Waals surface area contributed by atoms with Gasteiger partial charge in [-0.05, 0) is 54.6 Å². The number of hydrogen-bond acceptors (Lipinski definition) is 4. The Hall–Kier alpha value is -2.77. The van der Waals surface area contributed by atoms with Crippen LogP contribution in [0.1, 0.15) is 10.6 Å². The Labute approximate surface area is 126 Å². The molecule has 21 heavy (non-hydrogen) atoms. The molecule has 0 spiro atoms. The maximum atomic E-state index is 9.43. The van der Waals surface area contributed by atoms with Gasteiger partial charge < -0.3 is 10.8 Å². The second-order valence-electron chi connectivity index (χ2n) is 4.43. The van der Waals surface area contributed by atoms with E-state index in [4.69, 9.17) is 5.73 Å². The summed E-state index contributed by atoms with van der Waals surface area (Å²) in [7, 11) is 0. The average Bonchev–Trinajstić information content (AvgIpc) is 2.87. The average molecular weight is 292 g/mol. The summed E-state index contributed by atoms with van der Waals surface area (Å²) in [5.41, 5.74) is 8.15. The molecule has 0 bridgehead atoms. The number of rotatable bonds is 1. The first-order valence-corrected chi connectivity index (χ1v) is 7.15. The molecule has 0 radical (unpaired) electrons. The Morgan fingerprint density at radius 1 is 1.14 bits per heavy atom. The molecular weight excluding hydrogens is 280 g/mol. The molecule has 3 N–H and O–H groups in total. The van der Waals surface area contributed by atoms with Crippen molar-refractivity contribution in [1.29, 1.82) is 0 Å². The van der Waals surface area contributed by atoms with Gasteiger partial charge in [0.1, 0.15) is 10.8 Å². The van der Waals surface area contributed by atoms with E-state index in [2.05, 4.69) is 16.8 Å². The van der Waals surface area contributed by atoms with Gasteiger partial charge in [-0.3, -0.25) is 0 Å². The van der Waals surface area contributed by atoms with E-state index in [1.807, 2.05) is 30.3 Å². The first-order chi connectivity index (χ1) is 10.2. The first-order valence-electron chi connectivity index (χ1n) is 6.34. The smallest absolute Gasteiger partial charge is 0.117 e. The molecule has 1 heterocycles. The molecule has 4 heteroatoms. The molecule has 3 aromatic rings. The van der Waals surface area contributed by atoms with Crippen LogP contribution in [-0.4, -0.2) is 10.1 Å². The van der Waals surface area contributed by atoms with Gasteiger partial charge in [-0.15, -0.1) is 11.3 Å². The van der Waals surface area contributed by atoms with Gasteiger partial charge in [0.05, 0.1) is 10.2 Å². The zero-order valence-corrected chi connectivity index (χ0v) is 11.9. The highest BCUT2D eigenvalue weighted by atomic mass is 32.1. The van der Waals surface area contributed by atoms with E-state index in [1.165, 1.54) is 11.3 Å². The monoisotopic (exact) mass is 292 g/mol. The number of nitrogens with two attached hydrogens (primary N) is 1. The number of thiazole rings is 1. The number of aromatic nitrogens is 1. The van der Waals surface area contributed by atoms with E-state index in [9.17, 15) is 5.11 Å². The van der Waals surface area contributed by atoms with Crippen LogP contribution in [-0.2, 0) is 0 Å². The van der Waals surface area contributed by atoms with Crippen molar-refractivity contribution < 1.29 is 5.11 Å². The molecule has 0 aliphatic carbocycles. The molecule has 0 amide bonds. The Morgan fingerprint density at radius 3 is 2.76 bits per heavy atom. The second kappa shape index (κ2) is 5.70. The molecular formula is C17H12N2OS. The molecule has 3 nitrogen and oxygen atoms in total. The summed E-state index contributed by atoms with van der Waals surface area (Å²) in [5.74, 6) is 6.26. The van der Waals surface area contributed by atoms with Gasteiger partial charge in [-0.2, -0.15) is 0 Å². The standard InChI is InChI=1S/C17H12N2OS/c18-13-7-5-12(6-8-13)3-1-2-4-17-19-15-10-9-14(20)11-16(15)21-17/h2,4-11,20H,18H2. The number of nitrogens with zero attached hydrogens (tertiary/aromatic N) is 1. The number of anilines is 1. The van der Waals surface area contributed by atoms with Crippen LogP contribution < -0.4 is 5.73 Å². The maximum absolute atomic E-state index is 9.43. The molecule has 0 unspecified atom stereocenters. The number of benzene rings is 2. The quantitative estimate of drug-likeness (QED) is 0.531. The highest BCUT2D eigenvalue weighted by molar-refractivity contribution is 7.19. The lowest BCUT2D eigenvalue weighted by atomic mass is 10.2. The summed E-state index contributed by atoms with van der Waals surface area (Å²) < 4.78 is 0.959. The number of aromatic hydroxyl groups is 1. The second-order valence-corrected chi connectivity index (χ2v) is 5.49. The fourth-order valence-electron chi connectivity index (χ4n) is 1.81. The number of phenols is 1. The summed E-state index contributed by atoms with van der Waals surface area (Å²) in [6.07, 6.45) is 3.64. The number of fused-ring (bicyclic) bond motifs is 1. The Bertz CT molecular complexity index is 867. The molecule has 0 fully saturated rings. The summed E-state index contributed by atoms with van der Waals surface area (Å²) in [6.45, 7) is 0. The predicted molar refractivity (Wildman–Crippen MR) is 88.1 cm³/mol. The van der Waals surface area contributed by atoms with Crippen LogP contribution in [0.3, 0.4) is 0 Å². The Kier molecular flexibility index (Phi) is 3.59. The third-order valence-electron chi connectivity index (χ3n) is 2.82. The van der Waals surface area contributed by atoms with E-state index in [0.29, 0.717) is 0 Å². The molecule has 3 rings (SSSR count). The van der Waals surface area contributed by atoms with Crippen LogP contribution in [0.25, 0.3) is 16.3 Å². The number of allylic oxidation sites excluding steroid dienone is 1. The minimum Gasteiger partial charge on any atom is -0.508 e. The van der Waals surface area contributed by atoms with Crippen LogP contribution >= 0.6 is 11.3 Å². The van der Waals surface area contributed by atoms with Crippen molar-refractivity contribution in [3.63, 3.8) is 0 Å². The summed E-state index contributed by atoms with van der Waals surface area (Å²) in [4.78, 5) is 4.45. The van der Waals surface area contributed by atoms with Crippen molar-refractivity contribution in [2.75, 3.05) is 5.73 Å². The summed E-state index contributed by atoms with van der Waals surface area (Å²) in [5, 5.41) is 10.3. The minimum absolute atomic E-state index is 0.254. The lowest BCUT2D eigenvalue weighted by Gasteiger charge is -1.90. The van der Waals surface area contributed by atoms with E-state index >= 15 is 0 Å². The zero-order chi connectivity index (χ0) is 14.7. The molecule has 0 saturated carbocycles. The molecule has 0 atom stereocenters. The van der Waals surface area contributed by atoms with E-state index in [0.717, 1.165) is 26.5 Å². The van der Waals surface area contributed by atoms with E-state index < -0.39 is 0 Å². The zero-order valence-electron chi connectivity index (χ0n) is 11.1. The predicted octanol–water partition coefficient (Wildman–Crippen LogP) is 3.65. The van der Waals surface area contributed by atoms with Crippen molar-refractivity contribution >= 4 is 33.3 Å². The number of phenolic OH excluding ortho intramolecular Hbond substituents is 1. The van der Waals surface area contributed by atoms with Crippen molar-refractivity contribution in [2.45, 2.75) is 0 Å². The van der Waals surface area contributed by atoms with E-state index in [-0.39, 0.29) is 5.75 Å². The van der Waals surface area contributed by atoms with Crippen molar-refractivity contribution in [3.8, 4) is 17.6 Å². The largest absolute Gasteiger partial charge is 0.508 e. The highest BCUT2D eigenvalue weighted by Gasteiger charge is 2.01. The van der Waals surface area contributed by atoms with Crippen molar-refractivity contribution in [3.05, 3.63) is 59.1 Å².